The van der Waals surface area contributed by atoms with Gasteiger partial charge in [-0.1, -0.05) is 25.3 Å². The third-order valence-corrected chi connectivity index (χ3v) is 5.26. The number of nitrogens with zero attached hydrogens (tertiary/aromatic N) is 2. The predicted octanol–water partition coefficient (Wildman–Crippen LogP) is 4.10. The van der Waals surface area contributed by atoms with E-state index in [2.05, 4.69) is 48.7 Å². The fourth-order valence-corrected chi connectivity index (χ4v) is 4.01. The molecule has 3 nitrogen and oxygen atoms in total. The molecule has 0 amide bonds. The molecule has 5 heteroatoms. The molecule has 1 aromatic rings. The summed E-state index contributed by atoms with van der Waals surface area (Å²) >= 11 is 1.90. The summed E-state index contributed by atoms with van der Waals surface area (Å²) in [6.07, 6.45) is 6.62. The number of aliphatic imine (C=N–C) groups is 1. The van der Waals surface area contributed by atoms with Crippen LogP contribution in [-0.2, 0) is 5.41 Å². The van der Waals surface area contributed by atoms with Gasteiger partial charge in [-0.05, 0) is 31.2 Å². The average molecular weight is 421 g/mol. The van der Waals surface area contributed by atoms with Crippen LogP contribution in [0, 0.1) is 0 Å². The quantitative estimate of drug-likeness (QED) is 0.451. The zero-order valence-corrected chi connectivity index (χ0v) is 16.5. The van der Waals surface area contributed by atoms with Gasteiger partial charge < -0.3 is 10.2 Å². The Morgan fingerprint density at radius 2 is 2.05 bits per heavy atom. The third-order valence-electron chi connectivity index (χ3n) is 4.14. The first-order valence-corrected chi connectivity index (χ1v) is 8.55. The number of guanidine groups is 1. The van der Waals surface area contributed by atoms with Crippen molar-refractivity contribution in [1.29, 1.82) is 0 Å². The van der Waals surface area contributed by atoms with Crippen molar-refractivity contribution >= 4 is 41.3 Å². The molecule has 1 aromatic heterocycles. The molecule has 0 unspecified atom stereocenters. The lowest BCUT2D eigenvalue weighted by atomic mass is 9.73. The fourth-order valence-electron chi connectivity index (χ4n) is 3.03. The van der Waals surface area contributed by atoms with Gasteiger partial charge in [0.25, 0.3) is 0 Å². The summed E-state index contributed by atoms with van der Waals surface area (Å²) in [6.45, 7) is 3.95. The number of rotatable bonds is 4. The van der Waals surface area contributed by atoms with E-state index in [0.717, 1.165) is 19.0 Å². The Morgan fingerprint density at radius 3 is 2.57 bits per heavy atom. The smallest absolute Gasteiger partial charge is 0.193 e. The summed E-state index contributed by atoms with van der Waals surface area (Å²) in [7, 11) is 4.11. The van der Waals surface area contributed by atoms with Crippen LogP contribution in [0.5, 0.6) is 0 Å². The van der Waals surface area contributed by atoms with Crippen LogP contribution in [-0.4, -0.2) is 38.0 Å². The summed E-state index contributed by atoms with van der Waals surface area (Å²) in [5, 5.41) is 5.56. The minimum absolute atomic E-state index is 0. The Balaban J connectivity index is 0.00000220. The third kappa shape index (κ3) is 4.84. The van der Waals surface area contributed by atoms with Gasteiger partial charge in [-0.2, -0.15) is 0 Å². The van der Waals surface area contributed by atoms with E-state index in [1.807, 2.05) is 11.3 Å². The second kappa shape index (κ2) is 8.98. The van der Waals surface area contributed by atoms with Gasteiger partial charge in [0.05, 0.1) is 6.54 Å². The molecule has 2 rings (SSSR count). The van der Waals surface area contributed by atoms with Crippen LogP contribution in [0.15, 0.2) is 22.5 Å². The molecule has 1 aliphatic rings. The first-order chi connectivity index (χ1) is 9.68. The molecule has 1 N–H and O–H groups in total. The topological polar surface area (TPSA) is 27.6 Å². The number of hydrogen-bond donors (Lipinski definition) is 1. The molecular weight excluding hydrogens is 393 g/mol. The molecule has 1 heterocycles. The SMILES string of the molecule is CCNC(=NCC1(c2cccs2)CCCCC1)N(C)C.I. The molecule has 0 radical (unpaired) electrons. The first-order valence-electron chi connectivity index (χ1n) is 7.67. The van der Waals surface area contributed by atoms with Crippen LogP contribution >= 0.6 is 35.3 Å². The normalized spacial score (nSPS) is 18.0. The van der Waals surface area contributed by atoms with E-state index in [9.17, 15) is 0 Å². The number of halogens is 1. The average Bonchev–Trinajstić information content (AvgIpc) is 2.99. The molecule has 0 atom stereocenters. The van der Waals surface area contributed by atoms with Crippen LogP contribution in [0.1, 0.15) is 43.9 Å². The molecule has 1 fully saturated rings. The van der Waals surface area contributed by atoms with E-state index in [1.54, 1.807) is 0 Å². The molecular formula is C16H28IN3S. The number of thiophene rings is 1. The van der Waals surface area contributed by atoms with Gasteiger partial charge in [0, 0.05) is 30.9 Å². The first kappa shape index (κ1) is 18.7. The summed E-state index contributed by atoms with van der Waals surface area (Å²) in [4.78, 5) is 8.50. The Hall–Kier alpha value is -0.300. The maximum absolute atomic E-state index is 4.90. The largest absolute Gasteiger partial charge is 0.357 e. The maximum atomic E-state index is 4.90. The van der Waals surface area contributed by atoms with Gasteiger partial charge in [0.2, 0.25) is 0 Å². The van der Waals surface area contributed by atoms with Crippen molar-refractivity contribution in [3.8, 4) is 0 Å². The van der Waals surface area contributed by atoms with Gasteiger partial charge >= 0.3 is 0 Å². The van der Waals surface area contributed by atoms with Crippen molar-refractivity contribution in [3.05, 3.63) is 22.4 Å². The molecule has 0 spiro atoms. The van der Waals surface area contributed by atoms with Gasteiger partial charge in [-0.3, -0.25) is 4.99 Å². The molecule has 21 heavy (non-hydrogen) atoms. The van der Waals surface area contributed by atoms with Gasteiger partial charge in [-0.25, -0.2) is 0 Å². The maximum Gasteiger partial charge on any atom is 0.193 e. The lowest BCUT2D eigenvalue weighted by Crippen LogP contribution is -2.39. The van der Waals surface area contributed by atoms with Crippen LogP contribution in [0.3, 0.4) is 0 Å². The monoisotopic (exact) mass is 421 g/mol. The van der Waals surface area contributed by atoms with Crippen molar-refractivity contribution in [2.45, 2.75) is 44.4 Å². The summed E-state index contributed by atoms with van der Waals surface area (Å²) < 4.78 is 0. The lowest BCUT2D eigenvalue weighted by molar-refractivity contribution is 0.305. The van der Waals surface area contributed by atoms with E-state index in [-0.39, 0.29) is 29.4 Å². The van der Waals surface area contributed by atoms with Gasteiger partial charge in [-0.15, -0.1) is 35.3 Å². The molecule has 0 saturated heterocycles. The van der Waals surface area contributed by atoms with E-state index in [0.29, 0.717) is 0 Å². The number of nitrogens with one attached hydrogen (secondary N) is 1. The molecule has 1 saturated carbocycles. The number of hydrogen-bond acceptors (Lipinski definition) is 2. The zero-order chi connectivity index (χ0) is 14.4. The van der Waals surface area contributed by atoms with Crippen LogP contribution in [0.4, 0.5) is 0 Å². The van der Waals surface area contributed by atoms with Crippen molar-refractivity contribution in [1.82, 2.24) is 10.2 Å². The Kier molecular flexibility index (Phi) is 8.02. The van der Waals surface area contributed by atoms with Crippen LogP contribution in [0.2, 0.25) is 0 Å². The summed E-state index contributed by atoms with van der Waals surface area (Å²) in [5.41, 5.74) is 0.281. The van der Waals surface area contributed by atoms with Gasteiger partial charge in [0.15, 0.2) is 5.96 Å². The van der Waals surface area contributed by atoms with Crippen molar-refractivity contribution in [2.75, 3.05) is 27.2 Å². The minimum Gasteiger partial charge on any atom is -0.357 e. The standard InChI is InChI=1S/C16H27N3S.HI/c1-4-17-15(19(2)3)18-13-16(10-6-5-7-11-16)14-9-8-12-20-14;/h8-9,12H,4-7,10-11,13H2,1-3H3,(H,17,18);1H. The van der Waals surface area contributed by atoms with Crippen LogP contribution < -0.4 is 5.32 Å². The predicted molar refractivity (Wildman–Crippen MR) is 104 cm³/mol. The van der Waals surface area contributed by atoms with Crippen LogP contribution in [0.25, 0.3) is 0 Å². The highest BCUT2D eigenvalue weighted by Gasteiger charge is 2.34. The Bertz CT molecular complexity index is 423. The van der Waals surface area contributed by atoms with E-state index >= 15 is 0 Å². The summed E-state index contributed by atoms with van der Waals surface area (Å²) in [5.74, 6) is 1.01. The Labute approximate surface area is 150 Å². The van der Waals surface area contributed by atoms with Crippen molar-refractivity contribution in [2.24, 2.45) is 4.99 Å². The fraction of sp³-hybridized carbons (Fsp3) is 0.688. The molecule has 0 aliphatic heterocycles. The van der Waals surface area contributed by atoms with E-state index in [4.69, 9.17) is 4.99 Å². The van der Waals surface area contributed by atoms with Crippen molar-refractivity contribution in [3.63, 3.8) is 0 Å². The molecule has 0 bridgehead atoms. The highest BCUT2D eigenvalue weighted by Crippen LogP contribution is 2.41. The van der Waals surface area contributed by atoms with E-state index in [1.165, 1.54) is 37.0 Å². The van der Waals surface area contributed by atoms with Gasteiger partial charge in [0.1, 0.15) is 0 Å². The van der Waals surface area contributed by atoms with E-state index < -0.39 is 0 Å². The highest BCUT2D eigenvalue weighted by molar-refractivity contribution is 14.0. The lowest BCUT2D eigenvalue weighted by Gasteiger charge is -2.35. The Morgan fingerprint density at radius 1 is 1.33 bits per heavy atom. The second-order valence-electron chi connectivity index (χ2n) is 5.88. The second-order valence-corrected chi connectivity index (χ2v) is 6.83. The molecule has 1 aliphatic carbocycles. The minimum atomic E-state index is 0. The molecule has 0 aromatic carbocycles. The zero-order valence-electron chi connectivity index (χ0n) is 13.4. The van der Waals surface area contributed by atoms with Crippen molar-refractivity contribution < 1.29 is 0 Å². The highest BCUT2D eigenvalue weighted by atomic mass is 127. The molecule has 120 valence electrons. The summed E-state index contributed by atoms with van der Waals surface area (Å²) in [6, 6.07) is 4.48.